The van der Waals surface area contributed by atoms with Crippen molar-refractivity contribution in [1.29, 1.82) is 0 Å². The molecule has 0 aromatic heterocycles. The number of nitrogens with zero attached hydrogens (tertiary/aromatic N) is 1. The fourth-order valence-electron chi connectivity index (χ4n) is 1.19. The van der Waals surface area contributed by atoms with Crippen LogP contribution < -0.4 is 0 Å². The lowest BCUT2D eigenvalue weighted by molar-refractivity contribution is -0.121. The Balaban J connectivity index is 2.38. The topological polar surface area (TPSA) is 46.6 Å². The summed E-state index contributed by atoms with van der Waals surface area (Å²) in [6.45, 7) is 0.697. The summed E-state index contributed by atoms with van der Waals surface area (Å²) >= 11 is 0. The molecule has 0 aromatic carbocycles. The largest absolute Gasteiger partial charge is 0.436 e. The SMILES string of the molecule is C#CCOC(=O)N1CCCC(=O)C1. The van der Waals surface area contributed by atoms with Gasteiger partial charge in [0.15, 0.2) is 12.4 Å². The zero-order chi connectivity index (χ0) is 9.68. The molecule has 1 aliphatic heterocycles. The number of carbonyl (C=O) groups excluding carboxylic acids is 2. The highest BCUT2D eigenvalue weighted by Gasteiger charge is 2.21. The van der Waals surface area contributed by atoms with Gasteiger partial charge in [0.25, 0.3) is 0 Å². The van der Waals surface area contributed by atoms with Crippen LogP contribution in [-0.4, -0.2) is 36.5 Å². The summed E-state index contributed by atoms with van der Waals surface area (Å²) in [5.41, 5.74) is 0. The molecule has 0 spiro atoms. The molecule has 0 bridgehead atoms. The molecule has 0 radical (unpaired) electrons. The third kappa shape index (κ3) is 2.79. The van der Waals surface area contributed by atoms with Crippen LogP contribution in [-0.2, 0) is 9.53 Å². The quantitative estimate of drug-likeness (QED) is 0.551. The van der Waals surface area contributed by atoms with E-state index in [2.05, 4.69) is 10.7 Å². The van der Waals surface area contributed by atoms with Crippen molar-refractivity contribution < 1.29 is 14.3 Å². The fourth-order valence-corrected chi connectivity index (χ4v) is 1.19. The van der Waals surface area contributed by atoms with E-state index in [1.807, 2.05) is 0 Å². The highest BCUT2D eigenvalue weighted by Crippen LogP contribution is 2.06. The Morgan fingerprint density at radius 3 is 3.08 bits per heavy atom. The predicted octanol–water partition coefficient (Wildman–Crippen LogP) is 0.421. The molecule has 13 heavy (non-hydrogen) atoms. The lowest BCUT2D eigenvalue weighted by Crippen LogP contribution is -2.40. The highest BCUT2D eigenvalue weighted by atomic mass is 16.6. The van der Waals surface area contributed by atoms with Crippen LogP contribution in [0.4, 0.5) is 4.79 Å². The Bertz CT molecular complexity index is 254. The lowest BCUT2D eigenvalue weighted by Gasteiger charge is -2.24. The molecular weight excluding hydrogens is 170 g/mol. The molecule has 0 aliphatic carbocycles. The van der Waals surface area contributed by atoms with Gasteiger partial charge < -0.3 is 9.64 Å². The van der Waals surface area contributed by atoms with Crippen molar-refractivity contribution >= 4 is 11.9 Å². The van der Waals surface area contributed by atoms with Crippen LogP contribution >= 0.6 is 0 Å². The molecule has 4 heteroatoms. The van der Waals surface area contributed by atoms with Crippen LogP contribution in [0.5, 0.6) is 0 Å². The van der Waals surface area contributed by atoms with E-state index in [0.29, 0.717) is 19.4 Å². The summed E-state index contributed by atoms with van der Waals surface area (Å²) < 4.78 is 4.68. The third-order valence-electron chi connectivity index (χ3n) is 1.79. The molecule has 1 saturated heterocycles. The van der Waals surface area contributed by atoms with E-state index in [0.717, 1.165) is 0 Å². The maximum atomic E-state index is 11.2. The zero-order valence-electron chi connectivity index (χ0n) is 7.28. The lowest BCUT2D eigenvalue weighted by atomic mass is 10.1. The van der Waals surface area contributed by atoms with E-state index < -0.39 is 6.09 Å². The summed E-state index contributed by atoms with van der Waals surface area (Å²) in [6.07, 6.45) is 5.69. The molecule has 0 saturated carbocycles. The van der Waals surface area contributed by atoms with Crippen molar-refractivity contribution in [3.05, 3.63) is 0 Å². The van der Waals surface area contributed by atoms with Crippen molar-refractivity contribution in [3.63, 3.8) is 0 Å². The number of carbonyl (C=O) groups is 2. The zero-order valence-corrected chi connectivity index (χ0v) is 7.28. The predicted molar refractivity (Wildman–Crippen MR) is 46.0 cm³/mol. The van der Waals surface area contributed by atoms with Gasteiger partial charge in [0.1, 0.15) is 0 Å². The van der Waals surface area contributed by atoms with Crippen LogP contribution in [0.2, 0.25) is 0 Å². The Labute approximate surface area is 76.8 Å². The smallest absolute Gasteiger partial charge is 0.411 e. The van der Waals surface area contributed by atoms with Crippen molar-refractivity contribution in [2.45, 2.75) is 12.8 Å². The number of Topliss-reactive ketones (excluding diaryl/α,β-unsaturated/α-hetero) is 1. The molecule has 0 atom stereocenters. The van der Waals surface area contributed by atoms with Crippen LogP contribution in [0.1, 0.15) is 12.8 Å². The van der Waals surface area contributed by atoms with Crippen LogP contribution in [0.3, 0.4) is 0 Å². The van der Waals surface area contributed by atoms with Gasteiger partial charge in [-0.2, -0.15) is 0 Å². The molecule has 1 heterocycles. The molecule has 0 aromatic rings. The Kier molecular flexibility index (Phi) is 3.32. The maximum absolute atomic E-state index is 11.2. The molecule has 1 aliphatic rings. The molecule has 4 nitrogen and oxygen atoms in total. The number of ether oxygens (including phenoxy) is 1. The summed E-state index contributed by atoms with van der Waals surface area (Å²) in [6, 6.07) is 0. The monoisotopic (exact) mass is 181 g/mol. The summed E-state index contributed by atoms with van der Waals surface area (Å²) in [5, 5.41) is 0. The van der Waals surface area contributed by atoms with Gasteiger partial charge in [-0.1, -0.05) is 5.92 Å². The molecule has 0 unspecified atom stereocenters. The Hall–Kier alpha value is -1.50. The van der Waals surface area contributed by atoms with Crippen molar-refractivity contribution in [2.24, 2.45) is 0 Å². The van der Waals surface area contributed by atoms with Gasteiger partial charge in [-0.25, -0.2) is 4.79 Å². The van der Waals surface area contributed by atoms with Crippen molar-refractivity contribution in [2.75, 3.05) is 19.7 Å². The first-order chi connectivity index (χ1) is 6.24. The minimum atomic E-state index is -0.494. The standard InChI is InChI=1S/C9H11NO3/c1-2-6-13-9(12)10-5-3-4-8(11)7-10/h1H,3-7H2. The number of hydrogen-bond acceptors (Lipinski definition) is 3. The summed E-state index contributed by atoms with van der Waals surface area (Å²) in [7, 11) is 0. The first kappa shape index (κ1) is 9.59. The molecule has 1 amide bonds. The van der Waals surface area contributed by atoms with E-state index in [9.17, 15) is 9.59 Å². The minimum absolute atomic E-state index is 0.0382. The number of ketones is 1. The van der Waals surface area contributed by atoms with Gasteiger partial charge >= 0.3 is 6.09 Å². The first-order valence-electron chi connectivity index (χ1n) is 4.11. The summed E-state index contributed by atoms with van der Waals surface area (Å²) in [4.78, 5) is 23.5. The van der Waals surface area contributed by atoms with Crippen LogP contribution in [0.15, 0.2) is 0 Å². The number of rotatable bonds is 1. The Morgan fingerprint density at radius 1 is 1.69 bits per heavy atom. The van der Waals surface area contributed by atoms with Crippen molar-refractivity contribution in [1.82, 2.24) is 4.90 Å². The minimum Gasteiger partial charge on any atom is -0.436 e. The number of likely N-dealkylation sites (tertiary alicyclic amines) is 1. The second-order valence-corrected chi connectivity index (χ2v) is 2.82. The van der Waals surface area contributed by atoms with Gasteiger partial charge in [0.05, 0.1) is 6.54 Å². The van der Waals surface area contributed by atoms with Gasteiger partial charge in [0.2, 0.25) is 0 Å². The van der Waals surface area contributed by atoms with Crippen LogP contribution in [0.25, 0.3) is 0 Å². The van der Waals surface area contributed by atoms with Crippen molar-refractivity contribution in [3.8, 4) is 12.3 Å². The molecule has 0 N–H and O–H groups in total. The van der Waals surface area contributed by atoms with Gasteiger partial charge in [0, 0.05) is 13.0 Å². The fraction of sp³-hybridized carbons (Fsp3) is 0.556. The second kappa shape index (κ2) is 4.51. The number of amides is 1. The van der Waals surface area contributed by atoms with Gasteiger partial charge in [-0.05, 0) is 6.42 Å². The van der Waals surface area contributed by atoms with E-state index in [-0.39, 0.29) is 18.9 Å². The second-order valence-electron chi connectivity index (χ2n) is 2.82. The van der Waals surface area contributed by atoms with Gasteiger partial charge in [-0.3, -0.25) is 4.79 Å². The number of terminal acetylenes is 1. The average Bonchev–Trinajstić information content (AvgIpc) is 2.14. The molecule has 1 fully saturated rings. The van der Waals surface area contributed by atoms with Crippen LogP contribution in [0, 0.1) is 12.3 Å². The van der Waals surface area contributed by atoms with E-state index in [1.165, 1.54) is 4.90 Å². The van der Waals surface area contributed by atoms with E-state index in [4.69, 9.17) is 6.42 Å². The number of hydrogen-bond donors (Lipinski definition) is 0. The summed E-state index contributed by atoms with van der Waals surface area (Å²) in [5.74, 6) is 2.27. The molecular formula is C9H11NO3. The van der Waals surface area contributed by atoms with Gasteiger partial charge in [-0.15, -0.1) is 6.42 Å². The maximum Gasteiger partial charge on any atom is 0.411 e. The third-order valence-corrected chi connectivity index (χ3v) is 1.79. The van der Waals surface area contributed by atoms with E-state index in [1.54, 1.807) is 0 Å². The normalized spacial score (nSPS) is 16.5. The number of piperidine rings is 1. The average molecular weight is 181 g/mol. The Morgan fingerprint density at radius 2 is 2.46 bits per heavy atom. The molecule has 70 valence electrons. The highest BCUT2D eigenvalue weighted by molar-refractivity contribution is 5.85. The van der Waals surface area contributed by atoms with E-state index >= 15 is 0 Å². The molecule has 1 rings (SSSR count). The first-order valence-corrected chi connectivity index (χ1v) is 4.11.